The minimum absolute atomic E-state index is 0.0536. The van der Waals surface area contributed by atoms with Gasteiger partial charge in [0.15, 0.2) is 0 Å². The number of halogens is 3. The number of nitrogens with one attached hydrogen (secondary N) is 1. The van der Waals surface area contributed by atoms with Crippen molar-refractivity contribution in [3.8, 4) is 0 Å². The van der Waals surface area contributed by atoms with Crippen LogP contribution in [-0.4, -0.2) is 23.5 Å². The van der Waals surface area contributed by atoms with Crippen LogP contribution in [0.15, 0.2) is 16.6 Å². The Bertz CT molecular complexity index is 482. The van der Waals surface area contributed by atoms with Gasteiger partial charge in [-0.25, -0.2) is 4.39 Å². The first-order valence-corrected chi connectivity index (χ1v) is 6.23. The number of carboxylic acids is 1. The van der Waals surface area contributed by atoms with Gasteiger partial charge < -0.3 is 10.4 Å². The highest BCUT2D eigenvalue weighted by Crippen LogP contribution is 2.24. The largest absolute Gasteiger partial charge is 0.481 e. The second kappa shape index (κ2) is 6.70. The van der Waals surface area contributed by atoms with E-state index in [2.05, 4.69) is 21.2 Å². The van der Waals surface area contributed by atoms with Crippen LogP contribution in [0.5, 0.6) is 0 Å². The Morgan fingerprint density at radius 1 is 1.44 bits per heavy atom. The van der Waals surface area contributed by atoms with E-state index in [0.29, 0.717) is 0 Å². The van der Waals surface area contributed by atoms with Crippen molar-refractivity contribution < 1.29 is 19.1 Å². The molecule has 0 atom stereocenters. The van der Waals surface area contributed by atoms with Gasteiger partial charge in [-0.2, -0.15) is 0 Å². The van der Waals surface area contributed by atoms with Crippen LogP contribution in [-0.2, 0) is 4.79 Å². The summed E-state index contributed by atoms with van der Waals surface area (Å²) in [5.41, 5.74) is -0.176. The summed E-state index contributed by atoms with van der Waals surface area (Å²) in [4.78, 5) is 21.9. The molecule has 0 aliphatic carbocycles. The number of carboxylic acid groups (broad SMARTS) is 1. The fourth-order valence-electron chi connectivity index (χ4n) is 1.26. The molecule has 0 fully saturated rings. The molecule has 0 saturated carbocycles. The molecule has 1 aromatic carbocycles. The van der Waals surface area contributed by atoms with E-state index in [1.165, 1.54) is 12.1 Å². The van der Waals surface area contributed by atoms with Gasteiger partial charge >= 0.3 is 5.97 Å². The Kier molecular flexibility index (Phi) is 5.55. The lowest BCUT2D eigenvalue weighted by atomic mass is 10.2. The molecular weight excluding hydrogens is 328 g/mol. The molecular formula is C11H10BrClFNO3. The molecule has 1 aromatic rings. The van der Waals surface area contributed by atoms with Crippen LogP contribution in [0.2, 0.25) is 5.02 Å². The Labute approximate surface area is 116 Å². The van der Waals surface area contributed by atoms with E-state index in [1.807, 2.05) is 0 Å². The first-order chi connectivity index (χ1) is 8.41. The molecule has 0 spiro atoms. The second-order valence-corrected chi connectivity index (χ2v) is 4.79. The average molecular weight is 339 g/mol. The Morgan fingerprint density at radius 3 is 2.72 bits per heavy atom. The molecule has 4 nitrogen and oxygen atoms in total. The molecule has 0 aliphatic rings. The lowest BCUT2D eigenvalue weighted by molar-refractivity contribution is -0.137. The van der Waals surface area contributed by atoms with Crippen molar-refractivity contribution in [3.63, 3.8) is 0 Å². The Hall–Kier alpha value is -1.14. The summed E-state index contributed by atoms with van der Waals surface area (Å²) in [6.07, 6.45) is 0.229. The van der Waals surface area contributed by atoms with Gasteiger partial charge in [0.05, 0.1) is 10.0 Å². The Morgan fingerprint density at radius 2 is 2.11 bits per heavy atom. The van der Waals surface area contributed by atoms with Crippen molar-refractivity contribution in [2.75, 3.05) is 6.54 Å². The standard InChI is InChI=1S/C11H10BrClFNO3/c12-8-5-6(13)4-7(10(8)14)11(18)15-3-1-2-9(16)17/h4-5H,1-3H2,(H,15,18)(H,16,17). The molecule has 0 radical (unpaired) electrons. The zero-order chi connectivity index (χ0) is 13.7. The highest BCUT2D eigenvalue weighted by atomic mass is 79.9. The summed E-state index contributed by atoms with van der Waals surface area (Å²) in [5.74, 6) is -2.27. The molecule has 1 rings (SSSR count). The van der Waals surface area contributed by atoms with E-state index in [9.17, 15) is 14.0 Å². The summed E-state index contributed by atoms with van der Waals surface area (Å²) >= 11 is 8.66. The molecule has 2 N–H and O–H groups in total. The van der Waals surface area contributed by atoms with Crippen molar-refractivity contribution in [1.29, 1.82) is 0 Å². The van der Waals surface area contributed by atoms with Gasteiger partial charge in [0.25, 0.3) is 5.91 Å². The minimum Gasteiger partial charge on any atom is -0.481 e. The van der Waals surface area contributed by atoms with Crippen molar-refractivity contribution >= 4 is 39.4 Å². The smallest absolute Gasteiger partial charge is 0.303 e. The van der Waals surface area contributed by atoms with Crippen LogP contribution in [0.1, 0.15) is 23.2 Å². The maximum absolute atomic E-state index is 13.6. The van der Waals surface area contributed by atoms with Crippen LogP contribution >= 0.6 is 27.5 Å². The Balaban J connectivity index is 2.64. The lowest BCUT2D eigenvalue weighted by Crippen LogP contribution is -2.26. The van der Waals surface area contributed by atoms with E-state index in [-0.39, 0.29) is 34.4 Å². The number of carbonyl (C=O) groups is 2. The molecule has 0 saturated heterocycles. The van der Waals surface area contributed by atoms with Crippen molar-refractivity contribution in [1.82, 2.24) is 5.32 Å². The van der Waals surface area contributed by atoms with Gasteiger partial charge in [0, 0.05) is 18.0 Å². The predicted molar refractivity (Wildman–Crippen MR) is 68.3 cm³/mol. The molecule has 0 aromatic heterocycles. The number of amides is 1. The van der Waals surface area contributed by atoms with Crippen LogP contribution in [0.3, 0.4) is 0 Å². The fraction of sp³-hybridized carbons (Fsp3) is 0.273. The first kappa shape index (κ1) is 14.9. The number of benzene rings is 1. The third kappa shape index (κ3) is 4.27. The van der Waals surface area contributed by atoms with Crippen LogP contribution in [0.25, 0.3) is 0 Å². The van der Waals surface area contributed by atoms with Crippen molar-refractivity contribution in [2.45, 2.75) is 12.8 Å². The number of rotatable bonds is 5. The van der Waals surface area contributed by atoms with Gasteiger partial charge in [-0.3, -0.25) is 9.59 Å². The summed E-state index contributed by atoms with van der Waals surface area (Å²) in [7, 11) is 0. The van der Waals surface area contributed by atoms with Crippen molar-refractivity contribution in [2.24, 2.45) is 0 Å². The van der Waals surface area contributed by atoms with E-state index in [1.54, 1.807) is 0 Å². The predicted octanol–water partition coefficient (Wildman–Crippen LogP) is 2.84. The monoisotopic (exact) mass is 337 g/mol. The summed E-state index contributed by atoms with van der Waals surface area (Å²) in [5, 5.41) is 11.1. The van der Waals surface area contributed by atoms with Gasteiger partial charge in [0.2, 0.25) is 0 Å². The number of hydrogen-bond donors (Lipinski definition) is 2. The van der Waals surface area contributed by atoms with Crippen molar-refractivity contribution in [3.05, 3.63) is 33.0 Å². The molecule has 18 heavy (non-hydrogen) atoms. The highest BCUT2D eigenvalue weighted by Gasteiger charge is 2.15. The summed E-state index contributed by atoms with van der Waals surface area (Å²) in [6, 6.07) is 2.56. The van der Waals surface area contributed by atoms with Gasteiger partial charge in [0.1, 0.15) is 5.82 Å². The molecule has 98 valence electrons. The zero-order valence-corrected chi connectivity index (χ0v) is 11.5. The number of aliphatic carboxylic acids is 1. The normalized spacial score (nSPS) is 10.2. The minimum atomic E-state index is -0.944. The van der Waals surface area contributed by atoms with E-state index >= 15 is 0 Å². The average Bonchev–Trinajstić information content (AvgIpc) is 2.28. The first-order valence-electron chi connectivity index (χ1n) is 5.06. The SMILES string of the molecule is O=C(O)CCCNC(=O)c1cc(Cl)cc(Br)c1F. The quantitative estimate of drug-likeness (QED) is 0.641. The maximum atomic E-state index is 13.6. The summed E-state index contributed by atoms with van der Waals surface area (Å²) in [6.45, 7) is 0.161. The fourth-order valence-corrected chi connectivity index (χ4v) is 2.07. The van der Waals surface area contributed by atoms with Crippen LogP contribution < -0.4 is 5.32 Å². The third-order valence-electron chi connectivity index (χ3n) is 2.09. The zero-order valence-electron chi connectivity index (χ0n) is 9.17. The van der Waals surface area contributed by atoms with Crippen LogP contribution in [0, 0.1) is 5.82 Å². The molecule has 0 bridgehead atoms. The molecule has 0 aliphatic heterocycles. The van der Waals surface area contributed by atoms with Crippen LogP contribution in [0.4, 0.5) is 4.39 Å². The molecule has 7 heteroatoms. The second-order valence-electron chi connectivity index (χ2n) is 3.50. The van der Waals surface area contributed by atoms with Gasteiger partial charge in [-0.15, -0.1) is 0 Å². The number of carbonyl (C=O) groups excluding carboxylic acids is 1. The van der Waals surface area contributed by atoms with E-state index < -0.39 is 17.7 Å². The van der Waals surface area contributed by atoms with Gasteiger partial charge in [-0.05, 0) is 34.5 Å². The topological polar surface area (TPSA) is 66.4 Å². The van der Waals surface area contributed by atoms with E-state index in [0.717, 1.165) is 0 Å². The maximum Gasteiger partial charge on any atom is 0.303 e. The third-order valence-corrected chi connectivity index (χ3v) is 2.89. The van der Waals surface area contributed by atoms with E-state index in [4.69, 9.17) is 16.7 Å². The van der Waals surface area contributed by atoms with Gasteiger partial charge in [-0.1, -0.05) is 11.6 Å². The lowest BCUT2D eigenvalue weighted by Gasteiger charge is -2.07. The summed E-state index contributed by atoms with van der Waals surface area (Å²) < 4.78 is 13.7. The number of hydrogen-bond acceptors (Lipinski definition) is 2. The molecule has 1 amide bonds. The molecule has 0 unspecified atom stereocenters. The molecule has 0 heterocycles. The highest BCUT2D eigenvalue weighted by molar-refractivity contribution is 9.10.